The maximum atomic E-state index is 12.6. The van der Waals surface area contributed by atoms with Gasteiger partial charge in [-0.1, -0.05) is 6.07 Å². The summed E-state index contributed by atoms with van der Waals surface area (Å²) in [7, 11) is 2.17. The summed E-state index contributed by atoms with van der Waals surface area (Å²) in [6.45, 7) is 6.63. The Kier molecular flexibility index (Phi) is 6.04. The van der Waals surface area contributed by atoms with Gasteiger partial charge in [0, 0.05) is 31.6 Å². The molecule has 0 saturated carbocycles. The maximum Gasteiger partial charge on any atom is 0.231 e. The van der Waals surface area contributed by atoms with Crippen LogP contribution in [-0.2, 0) is 16.0 Å². The van der Waals surface area contributed by atoms with Crippen molar-refractivity contribution < 1.29 is 19.0 Å². The predicted octanol–water partition coefficient (Wildman–Crippen LogP) is 1.26. The van der Waals surface area contributed by atoms with Crippen molar-refractivity contribution in [2.24, 2.45) is 0 Å². The lowest BCUT2D eigenvalue weighted by molar-refractivity contribution is -0.122. The van der Waals surface area contributed by atoms with E-state index in [9.17, 15) is 4.79 Å². The van der Waals surface area contributed by atoms with Crippen LogP contribution in [0.25, 0.3) is 0 Å². The van der Waals surface area contributed by atoms with Gasteiger partial charge in [0.1, 0.15) is 0 Å². The summed E-state index contributed by atoms with van der Waals surface area (Å²) in [6.07, 6.45) is 3.37. The van der Waals surface area contributed by atoms with Crippen LogP contribution in [0.3, 0.4) is 0 Å². The number of carbonyl (C=O) groups is 1. The number of nitrogens with one attached hydrogen (secondary N) is 1. The highest BCUT2D eigenvalue weighted by Gasteiger charge is 2.40. The minimum absolute atomic E-state index is 0.0602. The quantitative estimate of drug-likeness (QED) is 0.790. The number of hydrogen-bond acceptors (Lipinski definition) is 6. The van der Waals surface area contributed by atoms with E-state index in [1.54, 1.807) is 0 Å². The van der Waals surface area contributed by atoms with Crippen LogP contribution in [0.5, 0.6) is 11.5 Å². The smallest absolute Gasteiger partial charge is 0.231 e. The molecule has 3 heterocycles. The Morgan fingerprint density at radius 3 is 2.64 bits per heavy atom. The minimum atomic E-state index is 0.0602. The third-order valence-electron chi connectivity index (χ3n) is 6.29. The van der Waals surface area contributed by atoms with Crippen LogP contribution in [-0.4, -0.2) is 81.0 Å². The van der Waals surface area contributed by atoms with Crippen molar-refractivity contribution in [2.75, 3.05) is 59.8 Å². The molecule has 4 rings (SSSR count). The summed E-state index contributed by atoms with van der Waals surface area (Å²) < 4.78 is 16.3. The first-order valence-corrected chi connectivity index (χ1v) is 10.3. The summed E-state index contributed by atoms with van der Waals surface area (Å²) in [5, 5.41) is 3.23. The number of carbonyl (C=O) groups excluding carboxylic acids is 1. The van der Waals surface area contributed by atoms with E-state index >= 15 is 0 Å². The number of benzene rings is 1. The molecule has 3 aliphatic heterocycles. The molecule has 154 valence electrons. The molecule has 0 aliphatic carbocycles. The van der Waals surface area contributed by atoms with Gasteiger partial charge in [-0.3, -0.25) is 9.69 Å². The van der Waals surface area contributed by atoms with Crippen LogP contribution in [0, 0.1) is 0 Å². The number of hydrogen-bond donors (Lipinski definition) is 1. The van der Waals surface area contributed by atoms with Gasteiger partial charge in [0.05, 0.1) is 13.2 Å². The van der Waals surface area contributed by atoms with Gasteiger partial charge < -0.3 is 24.4 Å². The highest BCUT2D eigenvalue weighted by Crippen LogP contribution is 2.33. The number of likely N-dealkylation sites (tertiary alicyclic amines) is 1. The summed E-state index contributed by atoms with van der Waals surface area (Å²) >= 11 is 0. The average molecular weight is 389 g/mol. The second kappa shape index (κ2) is 8.68. The molecule has 2 saturated heterocycles. The number of ether oxygens (including phenoxy) is 3. The molecule has 2 fully saturated rings. The Bertz CT molecular complexity index is 682. The van der Waals surface area contributed by atoms with E-state index in [1.165, 1.54) is 0 Å². The fraction of sp³-hybridized carbons (Fsp3) is 0.667. The number of amides is 1. The normalized spacial score (nSPS) is 22.2. The number of piperidine rings is 1. The van der Waals surface area contributed by atoms with Gasteiger partial charge >= 0.3 is 0 Å². The Balaban J connectivity index is 1.31. The summed E-state index contributed by atoms with van der Waals surface area (Å²) in [6, 6.07) is 5.90. The lowest BCUT2D eigenvalue weighted by atomic mass is 9.85. The lowest BCUT2D eigenvalue weighted by Crippen LogP contribution is -2.62. The zero-order chi connectivity index (χ0) is 19.4. The highest BCUT2D eigenvalue weighted by atomic mass is 16.7. The second-order valence-corrected chi connectivity index (χ2v) is 8.09. The molecule has 7 nitrogen and oxygen atoms in total. The van der Waals surface area contributed by atoms with E-state index in [-0.39, 0.29) is 18.2 Å². The van der Waals surface area contributed by atoms with E-state index in [2.05, 4.69) is 22.2 Å². The molecule has 7 heteroatoms. The van der Waals surface area contributed by atoms with Crippen molar-refractivity contribution in [1.29, 1.82) is 0 Å². The maximum absolute atomic E-state index is 12.6. The van der Waals surface area contributed by atoms with E-state index < -0.39 is 0 Å². The van der Waals surface area contributed by atoms with Crippen molar-refractivity contribution in [1.82, 2.24) is 15.1 Å². The van der Waals surface area contributed by atoms with E-state index in [4.69, 9.17) is 14.2 Å². The summed E-state index contributed by atoms with van der Waals surface area (Å²) in [5.74, 6) is 1.67. The fourth-order valence-corrected chi connectivity index (χ4v) is 4.38. The highest BCUT2D eigenvalue weighted by molar-refractivity contribution is 5.76. The third-order valence-corrected chi connectivity index (χ3v) is 6.29. The summed E-state index contributed by atoms with van der Waals surface area (Å²) in [5.41, 5.74) is 1.16. The van der Waals surface area contributed by atoms with Crippen molar-refractivity contribution in [3.05, 3.63) is 23.8 Å². The van der Waals surface area contributed by atoms with Crippen LogP contribution in [0.4, 0.5) is 0 Å². The molecular weight excluding hydrogens is 358 g/mol. The zero-order valence-corrected chi connectivity index (χ0v) is 16.7. The Hall–Kier alpha value is -1.83. The van der Waals surface area contributed by atoms with E-state index in [1.807, 2.05) is 18.2 Å². The van der Waals surface area contributed by atoms with Crippen LogP contribution in [0.2, 0.25) is 0 Å². The van der Waals surface area contributed by atoms with Gasteiger partial charge in [0.25, 0.3) is 0 Å². The van der Waals surface area contributed by atoms with Gasteiger partial charge in [0.15, 0.2) is 11.5 Å². The Labute approximate surface area is 166 Å². The molecule has 1 amide bonds. The molecule has 1 aromatic carbocycles. The lowest BCUT2D eigenvalue weighted by Gasteiger charge is -2.49. The van der Waals surface area contributed by atoms with Crippen LogP contribution in [0.1, 0.15) is 24.8 Å². The predicted molar refractivity (Wildman–Crippen MR) is 106 cm³/mol. The number of nitrogens with zero attached hydrogens (tertiary/aromatic N) is 2. The van der Waals surface area contributed by atoms with Crippen molar-refractivity contribution in [2.45, 2.75) is 31.2 Å². The average Bonchev–Trinajstić information content (AvgIpc) is 3.21. The minimum Gasteiger partial charge on any atom is -0.454 e. The molecule has 3 aliphatic rings. The van der Waals surface area contributed by atoms with E-state index in [0.29, 0.717) is 12.8 Å². The number of fused-ring (bicyclic) bond motifs is 1. The Morgan fingerprint density at radius 2 is 1.86 bits per heavy atom. The van der Waals surface area contributed by atoms with Crippen LogP contribution in [0.15, 0.2) is 18.2 Å². The molecule has 0 radical (unpaired) electrons. The number of rotatable bonds is 6. The topological polar surface area (TPSA) is 63.3 Å². The largest absolute Gasteiger partial charge is 0.454 e. The molecule has 1 aromatic rings. The van der Waals surface area contributed by atoms with Crippen molar-refractivity contribution in [3.63, 3.8) is 0 Å². The van der Waals surface area contributed by atoms with Gasteiger partial charge in [-0.2, -0.15) is 0 Å². The third kappa shape index (κ3) is 4.42. The van der Waals surface area contributed by atoms with Gasteiger partial charge in [-0.15, -0.1) is 0 Å². The monoisotopic (exact) mass is 389 g/mol. The molecule has 0 spiro atoms. The SMILES string of the molecule is CN1CCC(CNC(=O)CCc2ccc3c(c2)OCO3)(N2CCOCC2)CC1. The molecule has 0 unspecified atom stereocenters. The molecular formula is C21H31N3O4. The summed E-state index contributed by atoms with van der Waals surface area (Å²) in [4.78, 5) is 17.5. The zero-order valence-electron chi connectivity index (χ0n) is 16.7. The molecule has 28 heavy (non-hydrogen) atoms. The first kappa shape index (κ1) is 19.5. The van der Waals surface area contributed by atoms with E-state index in [0.717, 1.165) is 75.8 Å². The van der Waals surface area contributed by atoms with Crippen molar-refractivity contribution in [3.8, 4) is 11.5 Å². The van der Waals surface area contributed by atoms with Gasteiger partial charge in [-0.05, 0) is 57.1 Å². The molecule has 0 aromatic heterocycles. The first-order chi connectivity index (χ1) is 13.6. The first-order valence-electron chi connectivity index (χ1n) is 10.3. The van der Waals surface area contributed by atoms with Crippen molar-refractivity contribution >= 4 is 5.91 Å². The second-order valence-electron chi connectivity index (χ2n) is 8.09. The van der Waals surface area contributed by atoms with Crippen LogP contribution >= 0.6 is 0 Å². The molecule has 0 atom stereocenters. The van der Waals surface area contributed by atoms with Gasteiger partial charge in [0.2, 0.25) is 12.7 Å². The standard InChI is InChI=1S/C21H31N3O4/c1-23-8-6-21(7-9-23,24-10-12-26-13-11-24)15-22-20(25)5-3-17-2-4-18-19(14-17)28-16-27-18/h2,4,14H,3,5-13,15-16H2,1H3,(H,22,25). The molecule has 0 bridgehead atoms. The fourth-order valence-electron chi connectivity index (χ4n) is 4.38. The number of aryl methyl sites for hydroxylation is 1. The number of morpholine rings is 1. The Morgan fingerprint density at radius 1 is 1.11 bits per heavy atom. The molecule has 1 N–H and O–H groups in total. The van der Waals surface area contributed by atoms with Gasteiger partial charge in [-0.25, -0.2) is 0 Å². The van der Waals surface area contributed by atoms with Crippen LogP contribution < -0.4 is 14.8 Å².